The van der Waals surface area contributed by atoms with E-state index < -0.39 is 0 Å². The highest BCUT2D eigenvalue weighted by molar-refractivity contribution is 6.07. The zero-order chi connectivity index (χ0) is 23.4. The van der Waals surface area contributed by atoms with Crippen molar-refractivity contribution in [1.29, 1.82) is 0 Å². The maximum absolute atomic E-state index is 6.30. The molecule has 0 amide bonds. The van der Waals surface area contributed by atoms with Gasteiger partial charge < -0.3 is 9.47 Å². The Kier molecular flexibility index (Phi) is 5.08. The van der Waals surface area contributed by atoms with Crippen LogP contribution in [0.3, 0.4) is 0 Å². The summed E-state index contributed by atoms with van der Waals surface area (Å²) in [5, 5.41) is 2.17. The summed E-state index contributed by atoms with van der Waals surface area (Å²) in [6, 6.07) is 16.9. The molecule has 0 spiro atoms. The molecule has 33 heavy (non-hydrogen) atoms. The van der Waals surface area contributed by atoms with Gasteiger partial charge in [-0.3, -0.25) is 9.97 Å². The molecule has 1 aliphatic heterocycles. The Labute approximate surface area is 196 Å². The molecule has 0 bridgehead atoms. The minimum absolute atomic E-state index is 0.0635. The van der Waals surface area contributed by atoms with Crippen molar-refractivity contribution in [1.82, 2.24) is 9.97 Å². The molecule has 1 aliphatic rings. The smallest absolute Gasteiger partial charge is 0.129 e. The van der Waals surface area contributed by atoms with Crippen molar-refractivity contribution in [3.63, 3.8) is 0 Å². The van der Waals surface area contributed by atoms with Crippen LogP contribution in [0.25, 0.3) is 32.9 Å². The average Bonchev–Trinajstić information content (AvgIpc) is 2.85. The zero-order valence-corrected chi connectivity index (χ0v) is 20.5. The monoisotopic (exact) mass is 440 g/mol. The first-order chi connectivity index (χ1) is 15.6. The average molecular weight is 441 g/mol. The molecular weight excluding hydrogens is 408 g/mol. The van der Waals surface area contributed by atoms with Crippen molar-refractivity contribution in [2.24, 2.45) is 0 Å². The van der Waals surface area contributed by atoms with Crippen LogP contribution in [0.15, 0.2) is 48.5 Å². The quantitative estimate of drug-likeness (QED) is 0.290. The third-order valence-electron chi connectivity index (χ3n) is 6.24. The number of pyridine rings is 2. The summed E-state index contributed by atoms with van der Waals surface area (Å²) in [5.74, 6) is 1.67. The largest absolute Gasteiger partial charge is 0.493 e. The summed E-state index contributed by atoms with van der Waals surface area (Å²) >= 11 is 0. The highest BCUT2D eigenvalue weighted by atomic mass is 16.5. The van der Waals surface area contributed by atoms with Gasteiger partial charge in [0.1, 0.15) is 11.5 Å². The summed E-state index contributed by atoms with van der Waals surface area (Å²) in [4.78, 5) is 10.4. The third-order valence-corrected chi connectivity index (χ3v) is 6.24. The van der Waals surface area contributed by atoms with E-state index in [1.54, 1.807) is 0 Å². The van der Waals surface area contributed by atoms with Crippen LogP contribution in [0.4, 0.5) is 0 Å². The summed E-state index contributed by atoms with van der Waals surface area (Å²) in [7, 11) is 0. The highest BCUT2D eigenvalue weighted by Gasteiger charge is 2.25. The molecule has 170 valence electrons. The lowest BCUT2D eigenvalue weighted by Crippen LogP contribution is -2.14. The number of ether oxygens (including phenoxy) is 2. The Morgan fingerprint density at radius 2 is 0.970 bits per heavy atom. The van der Waals surface area contributed by atoms with Crippen LogP contribution in [0, 0.1) is 0 Å². The minimum Gasteiger partial charge on any atom is -0.493 e. The molecule has 4 nitrogen and oxygen atoms in total. The molecule has 4 heteroatoms. The second kappa shape index (κ2) is 7.72. The molecule has 3 heterocycles. The minimum atomic E-state index is -0.0635. The summed E-state index contributed by atoms with van der Waals surface area (Å²) in [5.41, 5.74) is 5.78. The van der Waals surface area contributed by atoms with Crippen LogP contribution in [0.2, 0.25) is 0 Å². The van der Waals surface area contributed by atoms with E-state index in [1.807, 2.05) is 0 Å². The van der Waals surface area contributed by atoms with Gasteiger partial charge in [0.25, 0.3) is 0 Å². The molecule has 2 aromatic heterocycles. The normalized spacial score (nSPS) is 14.5. The van der Waals surface area contributed by atoms with E-state index in [1.165, 1.54) is 0 Å². The number of fused-ring (bicyclic) bond motifs is 7. The van der Waals surface area contributed by atoms with Crippen molar-refractivity contribution in [2.45, 2.75) is 58.8 Å². The van der Waals surface area contributed by atoms with Crippen LogP contribution in [0.5, 0.6) is 11.5 Å². The fourth-order valence-corrected chi connectivity index (χ4v) is 4.32. The number of benzene rings is 2. The highest BCUT2D eigenvalue weighted by Crippen LogP contribution is 2.45. The molecular formula is C29H32N2O2. The maximum atomic E-state index is 6.30. The van der Waals surface area contributed by atoms with Crippen molar-refractivity contribution >= 4 is 21.8 Å². The number of hydrogen-bond acceptors (Lipinski definition) is 4. The molecule has 0 fully saturated rings. The Bertz CT molecular complexity index is 1260. The lowest BCUT2D eigenvalue weighted by atomic mass is 9.89. The second-order valence-electron chi connectivity index (χ2n) is 11.0. The van der Waals surface area contributed by atoms with E-state index in [0.29, 0.717) is 13.2 Å². The summed E-state index contributed by atoms with van der Waals surface area (Å²) in [6.07, 6.45) is 0.819. The van der Waals surface area contributed by atoms with Gasteiger partial charge in [0.2, 0.25) is 0 Å². The van der Waals surface area contributed by atoms with Gasteiger partial charge in [0.05, 0.1) is 35.4 Å². The molecule has 5 rings (SSSR count). The fraction of sp³-hybridized carbons (Fsp3) is 0.379. The molecule has 4 aromatic rings. The molecule has 2 aromatic carbocycles. The van der Waals surface area contributed by atoms with Crippen molar-refractivity contribution in [3.05, 3.63) is 59.9 Å². The Morgan fingerprint density at radius 1 is 0.576 bits per heavy atom. The molecule has 0 radical (unpaired) electrons. The number of rotatable bonds is 0. The van der Waals surface area contributed by atoms with E-state index in [0.717, 1.165) is 62.2 Å². The first-order valence-electron chi connectivity index (χ1n) is 11.8. The van der Waals surface area contributed by atoms with Gasteiger partial charge in [-0.25, -0.2) is 0 Å². The predicted octanol–water partition coefficient (Wildman–Crippen LogP) is 7.21. The Hall–Kier alpha value is -3.14. The third kappa shape index (κ3) is 3.92. The SMILES string of the molecule is CC(C)(C)c1ccc2ccc3c(c2n1)-c1c(ccc2ccc(C(C)(C)C)nc12)OCCCO3. The first-order valence-corrected chi connectivity index (χ1v) is 11.8. The van der Waals surface area contributed by atoms with Gasteiger partial charge in [0.15, 0.2) is 0 Å². The van der Waals surface area contributed by atoms with Gasteiger partial charge in [-0.2, -0.15) is 0 Å². The van der Waals surface area contributed by atoms with Crippen molar-refractivity contribution in [3.8, 4) is 22.6 Å². The molecule has 0 N–H and O–H groups in total. The molecule has 0 saturated heterocycles. The lowest BCUT2D eigenvalue weighted by Gasteiger charge is -2.22. The van der Waals surface area contributed by atoms with E-state index in [2.05, 4.69) is 90.1 Å². The second-order valence-corrected chi connectivity index (χ2v) is 11.0. The van der Waals surface area contributed by atoms with Crippen molar-refractivity contribution in [2.75, 3.05) is 13.2 Å². The van der Waals surface area contributed by atoms with Gasteiger partial charge >= 0.3 is 0 Å². The zero-order valence-electron chi connectivity index (χ0n) is 20.5. The number of nitrogens with zero attached hydrogens (tertiary/aromatic N) is 2. The molecule has 0 atom stereocenters. The van der Waals surface area contributed by atoms with Gasteiger partial charge in [0, 0.05) is 39.4 Å². The summed E-state index contributed by atoms with van der Waals surface area (Å²) in [6.45, 7) is 14.4. The fourth-order valence-electron chi connectivity index (χ4n) is 4.32. The lowest BCUT2D eigenvalue weighted by molar-refractivity contribution is 0.252. The van der Waals surface area contributed by atoms with Crippen LogP contribution in [0.1, 0.15) is 59.4 Å². The van der Waals surface area contributed by atoms with Gasteiger partial charge in [-0.1, -0.05) is 53.7 Å². The van der Waals surface area contributed by atoms with E-state index in [4.69, 9.17) is 19.4 Å². The molecule has 0 aliphatic carbocycles. The predicted molar refractivity (Wildman–Crippen MR) is 135 cm³/mol. The van der Waals surface area contributed by atoms with E-state index in [-0.39, 0.29) is 10.8 Å². The first kappa shape index (κ1) is 21.7. The maximum Gasteiger partial charge on any atom is 0.129 e. The number of hydrogen-bond donors (Lipinski definition) is 0. The van der Waals surface area contributed by atoms with Crippen LogP contribution in [-0.2, 0) is 10.8 Å². The van der Waals surface area contributed by atoms with E-state index in [9.17, 15) is 0 Å². The van der Waals surface area contributed by atoms with Crippen LogP contribution < -0.4 is 9.47 Å². The van der Waals surface area contributed by atoms with Crippen LogP contribution >= 0.6 is 0 Å². The Balaban J connectivity index is 1.93. The van der Waals surface area contributed by atoms with Crippen molar-refractivity contribution < 1.29 is 9.47 Å². The van der Waals surface area contributed by atoms with Gasteiger partial charge in [-0.05, 0) is 36.4 Å². The summed E-state index contributed by atoms with van der Waals surface area (Å²) < 4.78 is 12.6. The topological polar surface area (TPSA) is 44.2 Å². The number of aromatic nitrogens is 2. The van der Waals surface area contributed by atoms with E-state index >= 15 is 0 Å². The molecule has 0 unspecified atom stereocenters. The van der Waals surface area contributed by atoms with Gasteiger partial charge in [-0.15, -0.1) is 0 Å². The van der Waals surface area contributed by atoms with Crippen LogP contribution in [-0.4, -0.2) is 23.2 Å². The molecule has 0 saturated carbocycles. The standard InChI is InChI=1S/C29H32N2O2/c1-28(2,3)22-14-10-18-8-12-20-24(26(18)30-22)25-21(33-17-7-16-32-20)13-9-19-11-15-23(29(4,5)6)31-27(19)25/h8-15H,7,16-17H2,1-6H3. The Morgan fingerprint density at radius 3 is 1.36 bits per heavy atom.